The van der Waals surface area contributed by atoms with Crippen LogP contribution in [0.3, 0.4) is 0 Å². The van der Waals surface area contributed by atoms with E-state index >= 15 is 0 Å². The van der Waals surface area contributed by atoms with Crippen molar-refractivity contribution in [3.05, 3.63) is 29.8 Å². The fraction of sp³-hybridized carbons (Fsp3) is 0.533. The van der Waals surface area contributed by atoms with E-state index in [0.29, 0.717) is 5.92 Å². The lowest BCUT2D eigenvalue weighted by molar-refractivity contribution is -0.146. The van der Waals surface area contributed by atoms with Gasteiger partial charge in [0.1, 0.15) is 0 Å². The van der Waals surface area contributed by atoms with E-state index < -0.39 is 0 Å². The summed E-state index contributed by atoms with van der Waals surface area (Å²) >= 11 is 0. The summed E-state index contributed by atoms with van der Waals surface area (Å²) in [6, 6.07) is 8.40. The predicted molar refractivity (Wildman–Crippen MR) is 72.7 cm³/mol. The van der Waals surface area contributed by atoms with Crippen LogP contribution in [0.15, 0.2) is 24.3 Å². The van der Waals surface area contributed by atoms with Crippen molar-refractivity contribution >= 4 is 11.7 Å². The van der Waals surface area contributed by atoms with Crippen LogP contribution in [0.25, 0.3) is 0 Å². The summed E-state index contributed by atoms with van der Waals surface area (Å²) in [6.45, 7) is 0. The van der Waals surface area contributed by atoms with Crippen LogP contribution in [0, 0.1) is 11.8 Å². The number of ether oxygens (including phenoxy) is 1. The van der Waals surface area contributed by atoms with E-state index in [1.165, 1.54) is 18.4 Å². The molecule has 0 bridgehead atoms. The van der Waals surface area contributed by atoms with Gasteiger partial charge in [-0.15, -0.1) is 0 Å². The number of carbonyl (C=O) groups is 1. The number of carbonyl (C=O) groups excluding carboxylic acids is 1. The molecule has 1 aromatic carbocycles. The lowest BCUT2D eigenvalue weighted by atomic mass is 9.95. The first-order valence-corrected chi connectivity index (χ1v) is 6.46. The molecule has 1 aliphatic rings. The molecule has 0 amide bonds. The lowest BCUT2D eigenvalue weighted by Crippen LogP contribution is -2.20. The third kappa shape index (κ3) is 3.03. The van der Waals surface area contributed by atoms with Crippen LogP contribution in [0.5, 0.6) is 0 Å². The number of benzene rings is 1. The van der Waals surface area contributed by atoms with Crippen molar-refractivity contribution in [2.75, 3.05) is 26.1 Å². The maximum absolute atomic E-state index is 11.7. The molecule has 1 aromatic rings. The molecule has 1 unspecified atom stereocenters. The number of anilines is 1. The molecule has 98 valence electrons. The van der Waals surface area contributed by atoms with Crippen molar-refractivity contribution in [1.82, 2.24) is 0 Å². The van der Waals surface area contributed by atoms with Crippen LogP contribution in [-0.2, 0) is 16.0 Å². The summed E-state index contributed by atoms with van der Waals surface area (Å²) in [4.78, 5) is 13.8. The zero-order valence-corrected chi connectivity index (χ0v) is 11.3. The van der Waals surface area contributed by atoms with Crippen LogP contribution in [-0.4, -0.2) is 27.2 Å². The second-order valence-electron chi connectivity index (χ2n) is 5.23. The van der Waals surface area contributed by atoms with Crippen molar-refractivity contribution < 1.29 is 9.53 Å². The Bertz CT molecular complexity index is 407. The maximum atomic E-state index is 11.7. The molecule has 3 nitrogen and oxygen atoms in total. The molecule has 18 heavy (non-hydrogen) atoms. The van der Waals surface area contributed by atoms with Crippen molar-refractivity contribution in [2.24, 2.45) is 11.8 Å². The van der Waals surface area contributed by atoms with Crippen molar-refractivity contribution in [3.63, 3.8) is 0 Å². The van der Waals surface area contributed by atoms with Gasteiger partial charge in [-0.25, -0.2) is 0 Å². The highest BCUT2D eigenvalue weighted by Crippen LogP contribution is 2.39. The van der Waals surface area contributed by atoms with Gasteiger partial charge in [-0.2, -0.15) is 0 Å². The number of esters is 1. The smallest absolute Gasteiger partial charge is 0.309 e. The van der Waals surface area contributed by atoms with Gasteiger partial charge in [0.2, 0.25) is 0 Å². The summed E-state index contributed by atoms with van der Waals surface area (Å²) < 4.78 is 4.90. The topological polar surface area (TPSA) is 29.5 Å². The van der Waals surface area contributed by atoms with Crippen molar-refractivity contribution in [2.45, 2.75) is 19.3 Å². The summed E-state index contributed by atoms with van der Waals surface area (Å²) in [5.41, 5.74) is 2.39. The van der Waals surface area contributed by atoms with E-state index in [-0.39, 0.29) is 11.9 Å². The van der Waals surface area contributed by atoms with Crippen LogP contribution < -0.4 is 4.90 Å². The third-order valence-corrected chi connectivity index (χ3v) is 3.60. The molecular formula is C15H21NO2. The zero-order valence-electron chi connectivity index (χ0n) is 11.3. The molecule has 1 aliphatic carbocycles. The first-order chi connectivity index (χ1) is 8.61. The van der Waals surface area contributed by atoms with Crippen LogP contribution in [0.2, 0.25) is 0 Å². The molecule has 0 aromatic heterocycles. The van der Waals surface area contributed by atoms with E-state index in [1.54, 1.807) is 0 Å². The minimum atomic E-state index is -0.0609. The van der Waals surface area contributed by atoms with Gasteiger partial charge in [0.15, 0.2) is 0 Å². The number of hydrogen-bond donors (Lipinski definition) is 0. The van der Waals surface area contributed by atoms with Crippen molar-refractivity contribution in [3.8, 4) is 0 Å². The minimum absolute atomic E-state index is 0.0419. The van der Waals surface area contributed by atoms with E-state index in [9.17, 15) is 4.79 Å². The fourth-order valence-electron chi connectivity index (χ4n) is 2.28. The molecule has 1 saturated carbocycles. The average molecular weight is 247 g/mol. The molecule has 0 heterocycles. The van der Waals surface area contributed by atoms with Crippen molar-refractivity contribution in [1.29, 1.82) is 0 Å². The number of rotatable bonds is 5. The second kappa shape index (κ2) is 5.42. The highest BCUT2D eigenvalue weighted by atomic mass is 16.5. The number of methoxy groups -OCH3 is 1. The minimum Gasteiger partial charge on any atom is -0.469 e. The lowest BCUT2D eigenvalue weighted by Gasteiger charge is -2.16. The third-order valence-electron chi connectivity index (χ3n) is 3.60. The van der Waals surface area contributed by atoms with Crippen LogP contribution in [0.1, 0.15) is 18.4 Å². The van der Waals surface area contributed by atoms with Gasteiger partial charge in [0.25, 0.3) is 0 Å². The molecular weight excluding hydrogens is 226 g/mol. The Labute approximate surface area is 109 Å². The Hall–Kier alpha value is -1.51. The number of nitrogens with zero attached hydrogens (tertiary/aromatic N) is 1. The summed E-state index contributed by atoms with van der Waals surface area (Å²) in [7, 11) is 5.53. The largest absolute Gasteiger partial charge is 0.469 e. The predicted octanol–water partition coefficient (Wildman–Crippen LogP) is 2.49. The SMILES string of the molecule is COC(=O)C(Cc1ccc(N(C)C)cc1)C1CC1. The molecule has 2 rings (SSSR count). The van der Waals surface area contributed by atoms with Crippen LogP contribution in [0.4, 0.5) is 5.69 Å². The maximum Gasteiger partial charge on any atom is 0.309 e. The summed E-state index contributed by atoms with van der Waals surface area (Å²) in [5, 5.41) is 0. The highest BCUT2D eigenvalue weighted by Gasteiger charge is 2.36. The normalized spacial score (nSPS) is 16.2. The van der Waals surface area contributed by atoms with Crippen LogP contribution >= 0.6 is 0 Å². The molecule has 0 spiro atoms. The van der Waals surface area contributed by atoms with Gasteiger partial charge >= 0.3 is 5.97 Å². The van der Waals surface area contributed by atoms with Gasteiger partial charge in [0, 0.05) is 19.8 Å². The van der Waals surface area contributed by atoms with Gasteiger partial charge in [-0.1, -0.05) is 12.1 Å². The van der Waals surface area contributed by atoms with E-state index in [4.69, 9.17) is 4.74 Å². The quantitative estimate of drug-likeness (QED) is 0.749. The van der Waals surface area contributed by atoms with E-state index in [1.807, 2.05) is 14.1 Å². The van der Waals surface area contributed by atoms with Gasteiger partial charge in [-0.3, -0.25) is 4.79 Å². The Kier molecular flexibility index (Phi) is 3.90. The van der Waals surface area contributed by atoms with Gasteiger partial charge < -0.3 is 9.64 Å². The Morgan fingerprint density at radius 1 is 1.33 bits per heavy atom. The first-order valence-electron chi connectivity index (χ1n) is 6.46. The molecule has 0 N–H and O–H groups in total. The summed E-state index contributed by atoms with van der Waals surface area (Å²) in [5.74, 6) is 0.514. The average Bonchev–Trinajstić information content (AvgIpc) is 3.20. The Balaban J connectivity index is 2.04. The van der Waals surface area contributed by atoms with Gasteiger partial charge in [-0.05, 0) is 42.9 Å². The molecule has 3 heteroatoms. The Morgan fingerprint density at radius 3 is 2.39 bits per heavy atom. The monoisotopic (exact) mass is 247 g/mol. The molecule has 0 saturated heterocycles. The summed E-state index contributed by atoms with van der Waals surface area (Å²) in [6.07, 6.45) is 3.12. The fourth-order valence-corrected chi connectivity index (χ4v) is 2.28. The van der Waals surface area contributed by atoms with E-state index in [2.05, 4.69) is 29.2 Å². The molecule has 0 radical (unpaired) electrons. The second-order valence-corrected chi connectivity index (χ2v) is 5.23. The Morgan fingerprint density at radius 2 is 1.94 bits per heavy atom. The molecule has 1 fully saturated rings. The van der Waals surface area contributed by atoms with E-state index in [0.717, 1.165) is 19.3 Å². The first kappa shape index (κ1) is 12.9. The van der Waals surface area contributed by atoms with Gasteiger partial charge in [0.05, 0.1) is 13.0 Å². The standard InChI is InChI=1S/C15H21NO2/c1-16(2)13-8-4-11(5-9-13)10-14(12-6-7-12)15(17)18-3/h4-5,8-9,12,14H,6-7,10H2,1-3H3. The number of hydrogen-bond acceptors (Lipinski definition) is 3. The molecule has 1 atom stereocenters. The molecule has 0 aliphatic heterocycles. The zero-order chi connectivity index (χ0) is 13.1. The highest BCUT2D eigenvalue weighted by molar-refractivity contribution is 5.73.